The highest BCUT2D eigenvalue weighted by atomic mass is 79.9. The summed E-state index contributed by atoms with van der Waals surface area (Å²) < 4.78 is 7.19. The molecule has 0 aliphatic heterocycles. The zero-order valence-electron chi connectivity index (χ0n) is 8.93. The van der Waals surface area contributed by atoms with Crippen molar-refractivity contribution in [2.45, 2.75) is 13.8 Å². The van der Waals surface area contributed by atoms with Crippen LogP contribution in [0, 0.1) is 13.8 Å². The van der Waals surface area contributed by atoms with E-state index in [0.717, 1.165) is 20.1 Å². The average molecular weight is 352 g/mol. The first-order chi connectivity index (χ1) is 7.47. The molecule has 0 aromatic heterocycles. The molecule has 1 aromatic rings. The smallest absolute Gasteiger partial charge is 0.271 e. The first-order valence-electron chi connectivity index (χ1n) is 4.54. The minimum Gasteiger partial charge on any atom is -0.482 e. The molecule has 0 bridgehead atoms. The Balaban J connectivity index is 2.96. The van der Waals surface area contributed by atoms with E-state index in [1.165, 1.54) is 0 Å². The molecule has 0 aliphatic rings. The molecule has 0 unspecified atom stereocenters. The number of hydrazine groups is 1. The van der Waals surface area contributed by atoms with Gasteiger partial charge in [0.25, 0.3) is 5.91 Å². The van der Waals surface area contributed by atoms with E-state index in [-0.39, 0.29) is 12.5 Å². The molecule has 16 heavy (non-hydrogen) atoms. The van der Waals surface area contributed by atoms with Gasteiger partial charge in [-0.2, -0.15) is 0 Å². The molecule has 3 N–H and O–H groups in total. The van der Waals surface area contributed by atoms with E-state index in [1.54, 1.807) is 0 Å². The fourth-order valence-electron chi connectivity index (χ4n) is 1.17. The Kier molecular flexibility index (Phi) is 4.76. The number of hydrogen-bond acceptors (Lipinski definition) is 3. The molecule has 6 heteroatoms. The standard InChI is InChI=1S/C10H12Br2N2O2/c1-5-6(2)10(8(12)3-7(5)11)16-4-9(15)14-13/h3H,4,13H2,1-2H3,(H,14,15). The Bertz CT molecular complexity index is 422. The largest absolute Gasteiger partial charge is 0.482 e. The van der Waals surface area contributed by atoms with Crippen LogP contribution in [0.25, 0.3) is 0 Å². The first-order valence-corrected chi connectivity index (χ1v) is 6.13. The third kappa shape index (κ3) is 2.96. The number of amides is 1. The van der Waals surface area contributed by atoms with Crippen molar-refractivity contribution < 1.29 is 9.53 Å². The van der Waals surface area contributed by atoms with Crippen molar-refractivity contribution in [3.8, 4) is 5.75 Å². The number of carbonyl (C=O) groups is 1. The maximum Gasteiger partial charge on any atom is 0.271 e. The summed E-state index contributed by atoms with van der Waals surface area (Å²) >= 11 is 6.83. The van der Waals surface area contributed by atoms with Gasteiger partial charge in [-0.15, -0.1) is 0 Å². The highest BCUT2D eigenvalue weighted by Crippen LogP contribution is 2.35. The summed E-state index contributed by atoms with van der Waals surface area (Å²) in [5.74, 6) is 5.26. The molecule has 0 fully saturated rings. The maximum atomic E-state index is 11.0. The summed E-state index contributed by atoms with van der Waals surface area (Å²) in [5.41, 5.74) is 4.06. The number of ether oxygens (including phenoxy) is 1. The molecule has 0 atom stereocenters. The second-order valence-electron chi connectivity index (χ2n) is 3.28. The van der Waals surface area contributed by atoms with Crippen molar-refractivity contribution in [2.24, 2.45) is 5.84 Å². The third-order valence-corrected chi connectivity index (χ3v) is 3.65. The van der Waals surface area contributed by atoms with E-state index in [9.17, 15) is 4.79 Å². The van der Waals surface area contributed by atoms with Crippen molar-refractivity contribution >= 4 is 37.8 Å². The Morgan fingerprint density at radius 1 is 1.38 bits per heavy atom. The number of benzene rings is 1. The number of nitrogens with two attached hydrogens (primary N) is 1. The van der Waals surface area contributed by atoms with Gasteiger partial charge in [-0.05, 0) is 47.0 Å². The second-order valence-corrected chi connectivity index (χ2v) is 4.98. The van der Waals surface area contributed by atoms with Crippen LogP contribution in [0.15, 0.2) is 15.0 Å². The Hall–Kier alpha value is -0.590. The van der Waals surface area contributed by atoms with Crippen molar-refractivity contribution in [1.82, 2.24) is 5.43 Å². The monoisotopic (exact) mass is 350 g/mol. The Labute approximate surface area is 111 Å². The Morgan fingerprint density at radius 2 is 2.00 bits per heavy atom. The van der Waals surface area contributed by atoms with Crippen LogP contribution in [-0.4, -0.2) is 12.5 Å². The summed E-state index contributed by atoms with van der Waals surface area (Å²) in [6.07, 6.45) is 0. The minimum atomic E-state index is -0.369. The molecule has 0 heterocycles. The number of rotatable bonds is 3. The van der Waals surface area contributed by atoms with Gasteiger partial charge >= 0.3 is 0 Å². The fraction of sp³-hybridized carbons (Fsp3) is 0.300. The van der Waals surface area contributed by atoms with Crippen LogP contribution >= 0.6 is 31.9 Å². The maximum absolute atomic E-state index is 11.0. The van der Waals surface area contributed by atoms with Gasteiger partial charge < -0.3 is 4.74 Å². The molecule has 0 radical (unpaired) electrons. The molecule has 1 aromatic carbocycles. The predicted molar refractivity (Wildman–Crippen MR) is 69.1 cm³/mol. The highest BCUT2D eigenvalue weighted by Gasteiger charge is 2.12. The summed E-state index contributed by atoms with van der Waals surface area (Å²) in [7, 11) is 0. The van der Waals surface area contributed by atoms with Crippen LogP contribution in [0.2, 0.25) is 0 Å². The quantitative estimate of drug-likeness (QED) is 0.498. The van der Waals surface area contributed by atoms with Crippen molar-refractivity contribution in [3.05, 3.63) is 26.1 Å². The first kappa shape index (κ1) is 13.5. The van der Waals surface area contributed by atoms with Gasteiger partial charge in [0.1, 0.15) is 5.75 Å². The van der Waals surface area contributed by atoms with Gasteiger partial charge in [0.05, 0.1) is 4.47 Å². The van der Waals surface area contributed by atoms with Gasteiger partial charge in [0, 0.05) is 4.47 Å². The number of carbonyl (C=O) groups excluding carboxylic acids is 1. The highest BCUT2D eigenvalue weighted by molar-refractivity contribution is 9.11. The van der Waals surface area contributed by atoms with Gasteiger partial charge in [0.2, 0.25) is 0 Å². The average Bonchev–Trinajstić information content (AvgIpc) is 2.25. The lowest BCUT2D eigenvalue weighted by atomic mass is 10.1. The van der Waals surface area contributed by atoms with Gasteiger partial charge in [-0.1, -0.05) is 15.9 Å². The zero-order valence-corrected chi connectivity index (χ0v) is 12.1. The number of halogens is 2. The molecular formula is C10H12Br2N2O2. The molecule has 0 saturated heterocycles. The van der Waals surface area contributed by atoms with E-state index in [1.807, 2.05) is 25.3 Å². The van der Waals surface area contributed by atoms with Gasteiger partial charge in [-0.3, -0.25) is 10.2 Å². The second kappa shape index (κ2) is 5.65. The van der Waals surface area contributed by atoms with Crippen LogP contribution in [-0.2, 0) is 4.79 Å². The van der Waals surface area contributed by atoms with Crippen molar-refractivity contribution in [2.75, 3.05) is 6.61 Å². The molecule has 0 spiro atoms. The third-order valence-electron chi connectivity index (χ3n) is 2.24. The van der Waals surface area contributed by atoms with Crippen LogP contribution in [0.1, 0.15) is 11.1 Å². The number of nitrogens with one attached hydrogen (secondary N) is 1. The lowest BCUT2D eigenvalue weighted by molar-refractivity contribution is -0.123. The fourth-order valence-corrected chi connectivity index (χ4v) is 2.64. The molecule has 4 nitrogen and oxygen atoms in total. The van der Waals surface area contributed by atoms with Crippen LogP contribution in [0.4, 0.5) is 0 Å². The van der Waals surface area contributed by atoms with E-state index >= 15 is 0 Å². The zero-order chi connectivity index (χ0) is 12.3. The minimum absolute atomic E-state index is 0.100. The summed E-state index contributed by atoms with van der Waals surface area (Å²) in [6.45, 7) is 3.80. The lowest BCUT2D eigenvalue weighted by Crippen LogP contribution is -2.34. The Morgan fingerprint density at radius 3 is 2.56 bits per heavy atom. The van der Waals surface area contributed by atoms with E-state index in [2.05, 4.69) is 31.9 Å². The van der Waals surface area contributed by atoms with Crippen LogP contribution < -0.4 is 16.0 Å². The van der Waals surface area contributed by atoms with E-state index in [0.29, 0.717) is 5.75 Å². The summed E-state index contributed by atoms with van der Waals surface area (Å²) in [5, 5.41) is 0. The summed E-state index contributed by atoms with van der Waals surface area (Å²) in [6, 6.07) is 1.89. The SMILES string of the molecule is Cc1c(Br)cc(Br)c(OCC(=O)NN)c1C. The predicted octanol–water partition coefficient (Wildman–Crippen LogP) is 2.20. The van der Waals surface area contributed by atoms with E-state index < -0.39 is 0 Å². The van der Waals surface area contributed by atoms with Crippen molar-refractivity contribution in [3.63, 3.8) is 0 Å². The van der Waals surface area contributed by atoms with E-state index in [4.69, 9.17) is 10.6 Å². The van der Waals surface area contributed by atoms with Gasteiger partial charge in [-0.25, -0.2) is 5.84 Å². The molecule has 1 amide bonds. The van der Waals surface area contributed by atoms with Crippen molar-refractivity contribution in [1.29, 1.82) is 0 Å². The normalized spacial score (nSPS) is 10.1. The van der Waals surface area contributed by atoms with Crippen LogP contribution in [0.5, 0.6) is 5.75 Å². The van der Waals surface area contributed by atoms with Gasteiger partial charge in [0.15, 0.2) is 6.61 Å². The van der Waals surface area contributed by atoms with Crippen LogP contribution in [0.3, 0.4) is 0 Å². The molecule has 1 rings (SSSR count). The molecule has 0 saturated carbocycles. The summed E-state index contributed by atoms with van der Waals surface area (Å²) in [4.78, 5) is 11.0. The molecule has 88 valence electrons. The number of hydrogen-bond donors (Lipinski definition) is 2. The lowest BCUT2D eigenvalue weighted by Gasteiger charge is -2.13. The topological polar surface area (TPSA) is 64.3 Å². The molecular weight excluding hydrogens is 340 g/mol. The molecule has 0 aliphatic carbocycles.